The van der Waals surface area contributed by atoms with E-state index in [1.165, 1.54) is 6.07 Å². The van der Waals surface area contributed by atoms with Crippen LogP contribution >= 0.6 is 0 Å². The monoisotopic (exact) mass is 247 g/mol. The van der Waals surface area contributed by atoms with E-state index in [9.17, 15) is 9.59 Å². The molecule has 0 aliphatic carbocycles. The lowest BCUT2D eigenvalue weighted by Crippen LogP contribution is -2.60. The first-order chi connectivity index (χ1) is 8.62. The van der Waals surface area contributed by atoms with E-state index in [2.05, 4.69) is 16.8 Å². The first kappa shape index (κ1) is 11.3. The molecular weight excluding hydrogens is 230 g/mol. The third-order valence-electron chi connectivity index (χ3n) is 4.20. The molecule has 2 bridgehead atoms. The zero-order valence-electron chi connectivity index (χ0n) is 10.4. The number of hydrogen-bond donors (Lipinski definition) is 1. The lowest BCUT2D eigenvalue weighted by molar-refractivity contribution is -0.124. The Morgan fingerprint density at radius 3 is 3.00 bits per heavy atom. The van der Waals surface area contributed by atoms with Gasteiger partial charge >= 0.3 is 0 Å². The molecule has 0 spiro atoms. The van der Waals surface area contributed by atoms with Crippen molar-refractivity contribution < 1.29 is 4.79 Å². The van der Waals surface area contributed by atoms with Crippen LogP contribution in [0.5, 0.6) is 0 Å². The Hall–Kier alpha value is -1.78. The molecule has 3 heterocycles. The van der Waals surface area contributed by atoms with Gasteiger partial charge in [-0.15, -0.1) is 0 Å². The highest BCUT2D eigenvalue weighted by Gasteiger charge is 2.47. The van der Waals surface area contributed by atoms with Crippen molar-refractivity contribution in [1.29, 1.82) is 0 Å². The number of piperazine rings is 1. The molecule has 1 aromatic rings. The summed E-state index contributed by atoms with van der Waals surface area (Å²) in [6.07, 6.45) is 3.05. The molecule has 1 amide bonds. The molecule has 1 aromatic heterocycles. The van der Waals surface area contributed by atoms with Crippen molar-refractivity contribution in [3.05, 3.63) is 28.6 Å². The smallest absolute Gasteiger partial charge is 0.249 e. The molecule has 2 atom stereocenters. The highest BCUT2D eigenvalue weighted by molar-refractivity contribution is 5.54. The van der Waals surface area contributed by atoms with Gasteiger partial charge in [-0.05, 0) is 25.8 Å². The van der Waals surface area contributed by atoms with Gasteiger partial charge in [0.25, 0.3) is 0 Å². The van der Waals surface area contributed by atoms with E-state index in [0.29, 0.717) is 0 Å². The van der Waals surface area contributed by atoms with E-state index < -0.39 is 0 Å². The second-order valence-electron chi connectivity index (χ2n) is 5.48. The van der Waals surface area contributed by atoms with Gasteiger partial charge in [0.2, 0.25) is 12.0 Å². The zero-order chi connectivity index (χ0) is 12.8. The largest absolute Gasteiger partial charge is 0.354 e. The molecule has 18 heavy (non-hydrogen) atoms. The van der Waals surface area contributed by atoms with Crippen LogP contribution < -0.4 is 10.5 Å². The van der Waals surface area contributed by atoms with E-state index in [1.54, 1.807) is 6.07 Å². The van der Waals surface area contributed by atoms with Gasteiger partial charge in [-0.25, -0.2) is 0 Å². The Bertz CT molecular complexity index is 527. The molecule has 2 aliphatic heterocycles. The van der Waals surface area contributed by atoms with Crippen LogP contribution in [0.4, 0.5) is 5.82 Å². The number of anilines is 1. The molecule has 0 radical (unpaired) electrons. The standard InChI is InChI=1S/C13H17N3O2/c1-13-6-5-10(16(13)9-17)7-15(8-13)11-3-2-4-12(18)14-11/h2-4,9-10H,5-8H2,1H3,(H,14,18)/t10-,13+/m0/s1. The zero-order valence-corrected chi connectivity index (χ0v) is 10.4. The van der Waals surface area contributed by atoms with E-state index in [4.69, 9.17) is 0 Å². The summed E-state index contributed by atoms with van der Waals surface area (Å²) in [6.45, 7) is 3.70. The highest BCUT2D eigenvalue weighted by Crippen LogP contribution is 2.38. The lowest BCUT2D eigenvalue weighted by Gasteiger charge is -2.46. The number of hydrogen-bond acceptors (Lipinski definition) is 3. The van der Waals surface area contributed by atoms with Gasteiger partial charge < -0.3 is 14.8 Å². The molecule has 5 nitrogen and oxygen atoms in total. The first-order valence-corrected chi connectivity index (χ1v) is 6.30. The van der Waals surface area contributed by atoms with E-state index in [-0.39, 0.29) is 17.1 Å². The summed E-state index contributed by atoms with van der Waals surface area (Å²) in [5.74, 6) is 0.853. The molecule has 0 unspecified atom stereocenters. The number of carbonyl (C=O) groups excluding carboxylic acids is 1. The molecular formula is C13H17N3O2. The number of carbonyl (C=O) groups is 1. The van der Waals surface area contributed by atoms with Crippen molar-refractivity contribution in [2.45, 2.75) is 31.3 Å². The summed E-state index contributed by atoms with van der Waals surface area (Å²) in [7, 11) is 0. The minimum absolute atomic E-state index is 0.0807. The summed E-state index contributed by atoms with van der Waals surface area (Å²) < 4.78 is 0. The molecule has 5 heteroatoms. The van der Waals surface area contributed by atoms with Crippen LogP contribution in [-0.4, -0.2) is 41.0 Å². The maximum atomic E-state index is 11.4. The molecule has 0 saturated carbocycles. The predicted molar refractivity (Wildman–Crippen MR) is 68.6 cm³/mol. The topological polar surface area (TPSA) is 56.4 Å². The van der Waals surface area contributed by atoms with Crippen molar-refractivity contribution in [1.82, 2.24) is 9.88 Å². The Kier molecular flexibility index (Phi) is 2.43. The van der Waals surface area contributed by atoms with E-state index >= 15 is 0 Å². The van der Waals surface area contributed by atoms with Crippen LogP contribution in [0.3, 0.4) is 0 Å². The van der Waals surface area contributed by atoms with Gasteiger partial charge in [0.1, 0.15) is 5.82 Å². The van der Waals surface area contributed by atoms with Gasteiger partial charge in [0, 0.05) is 25.2 Å². The fourth-order valence-electron chi connectivity index (χ4n) is 3.27. The summed E-state index contributed by atoms with van der Waals surface area (Å²) in [6, 6.07) is 5.47. The fourth-order valence-corrected chi connectivity index (χ4v) is 3.27. The van der Waals surface area contributed by atoms with Gasteiger partial charge in [0.05, 0.1) is 5.54 Å². The minimum Gasteiger partial charge on any atom is -0.354 e. The molecule has 2 saturated heterocycles. The maximum Gasteiger partial charge on any atom is 0.249 e. The van der Waals surface area contributed by atoms with Gasteiger partial charge in [0.15, 0.2) is 0 Å². The molecule has 0 aromatic carbocycles. The highest BCUT2D eigenvalue weighted by atomic mass is 16.1. The van der Waals surface area contributed by atoms with Crippen LogP contribution in [0.2, 0.25) is 0 Å². The molecule has 2 fully saturated rings. The average Bonchev–Trinajstić information content (AvgIpc) is 2.54. The number of rotatable bonds is 2. The quantitative estimate of drug-likeness (QED) is 0.778. The number of pyridine rings is 1. The average molecular weight is 247 g/mol. The number of fused-ring (bicyclic) bond motifs is 2. The van der Waals surface area contributed by atoms with Crippen LogP contribution in [0.15, 0.2) is 23.0 Å². The van der Waals surface area contributed by atoms with Crippen LogP contribution in [0, 0.1) is 0 Å². The van der Waals surface area contributed by atoms with E-state index in [0.717, 1.165) is 38.2 Å². The second kappa shape index (κ2) is 3.86. The summed E-state index contributed by atoms with van der Waals surface area (Å²) >= 11 is 0. The second-order valence-corrected chi connectivity index (χ2v) is 5.48. The fraction of sp³-hybridized carbons (Fsp3) is 0.538. The van der Waals surface area contributed by atoms with Crippen molar-refractivity contribution in [2.24, 2.45) is 0 Å². The number of H-pyrrole nitrogens is 1. The molecule has 2 aliphatic rings. The van der Waals surface area contributed by atoms with Crippen LogP contribution in [0.1, 0.15) is 19.8 Å². The van der Waals surface area contributed by atoms with Crippen molar-refractivity contribution >= 4 is 12.2 Å². The molecule has 1 N–H and O–H groups in total. The molecule has 3 rings (SSSR count). The van der Waals surface area contributed by atoms with Crippen molar-refractivity contribution in [3.8, 4) is 0 Å². The van der Waals surface area contributed by atoms with E-state index in [1.807, 2.05) is 11.0 Å². The van der Waals surface area contributed by atoms with Gasteiger partial charge in [-0.3, -0.25) is 9.59 Å². The lowest BCUT2D eigenvalue weighted by atomic mass is 9.98. The number of nitrogens with zero attached hydrogens (tertiary/aromatic N) is 2. The number of amides is 1. The van der Waals surface area contributed by atoms with Crippen LogP contribution in [-0.2, 0) is 4.79 Å². The number of aromatic nitrogens is 1. The Labute approximate surface area is 105 Å². The van der Waals surface area contributed by atoms with Crippen molar-refractivity contribution in [3.63, 3.8) is 0 Å². The maximum absolute atomic E-state index is 11.4. The third kappa shape index (κ3) is 1.62. The van der Waals surface area contributed by atoms with Gasteiger partial charge in [-0.1, -0.05) is 6.07 Å². The minimum atomic E-state index is -0.0998. The third-order valence-corrected chi connectivity index (χ3v) is 4.20. The summed E-state index contributed by atoms with van der Waals surface area (Å²) in [5, 5.41) is 0. The Morgan fingerprint density at radius 1 is 1.50 bits per heavy atom. The number of aromatic amines is 1. The van der Waals surface area contributed by atoms with Gasteiger partial charge in [-0.2, -0.15) is 0 Å². The summed E-state index contributed by atoms with van der Waals surface area (Å²) in [5.41, 5.74) is -0.181. The van der Waals surface area contributed by atoms with Crippen LogP contribution in [0.25, 0.3) is 0 Å². The normalized spacial score (nSPS) is 30.6. The predicted octanol–water partition coefficient (Wildman–Crippen LogP) is 0.574. The molecule has 96 valence electrons. The Morgan fingerprint density at radius 2 is 2.33 bits per heavy atom. The van der Waals surface area contributed by atoms with Crippen molar-refractivity contribution in [2.75, 3.05) is 18.0 Å². The summed E-state index contributed by atoms with van der Waals surface area (Å²) in [4.78, 5) is 29.5. The first-order valence-electron chi connectivity index (χ1n) is 6.30. The SMILES string of the molecule is C[C@@]12CC[C@@H](CN(c3cccc(=O)[nH]3)C1)N2C=O. The number of nitrogens with one attached hydrogen (secondary N) is 1. The Balaban J connectivity index is 1.91.